The van der Waals surface area contributed by atoms with E-state index in [-0.39, 0.29) is 27.3 Å². The van der Waals surface area contributed by atoms with Crippen molar-refractivity contribution in [3.63, 3.8) is 0 Å². The summed E-state index contributed by atoms with van der Waals surface area (Å²) in [5.41, 5.74) is 0.478. The van der Waals surface area contributed by atoms with Crippen LogP contribution in [0, 0.1) is 11.6 Å². The Hall–Kier alpha value is -1.08. The standard InChI is InChI=1S/C13H10Br2F2N2O/c1-5(2)11-9(15)13(20)19-12(18-11)6-3-4-7(16)10(17)8(6)14/h3-5H,1-2H3,(H,18,19,20). The summed E-state index contributed by atoms with van der Waals surface area (Å²) in [6.45, 7) is 3.77. The number of hydrogen-bond donors (Lipinski definition) is 1. The van der Waals surface area contributed by atoms with E-state index < -0.39 is 11.6 Å². The molecule has 0 radical (unpaired) electrons. The minimum Gasteiger partial charge on any atom is -0.305 e. The number of aromatic nitrogens is 2. The third-order valence-electron chi connectivity index (χ3n) is 2.73. The van der Waals surface area contributed by atoms with Gasteiger partial charge in [-0.1, -0.05) is 13.8 Å². The molecule has 1 N–H and O–H groups in total. The van der Waals surface area contributed by atoms with Crippen LogP contribution in [0.3, 0.4) is 0 Å². The van der Waals surface area contributed by atoms with Crippen LogP contribution in [0.1, 0.15) is 25.5 Å². The normalized spacial score (nSPS) is 11.2. The van der Waals surface area contributed by atoms with E-state index in [1.54, 1.807) is 0 Å². The molecule has 0 saturated heterocycles. The average molecular weight is 408 g/mol. The molecule has 2 aromatic rings. The van der Waals surface area contributed by atoms with Gasteiger partial charge in [-0.15, -0.1) is 0 Å². The van der Waals surface area contributed by atoms with Gasteiger partial charge in [0.05, 0.1) is 10.2 Å². The molecule has 1 aromatic heterocycles. The Morgan fingerprint density at radius 1 is 1.20 bits per heavy atom. The number of aromatic amines is 1. The highest BCUT2D eigenvalue weighted by Crippen LogP contribution is 2.30. The first-order chi connectivity index (χ1) is 9.32. The van der Waals surface area contributed by atoms with E-state index in [0.29, 0.717) is 10.2 Å². The monoisotopic (exact) mass is 406 g/mol. The summed E-state index contributed by atoms with van der Waals surface area (Å²) in [7, 11) is 0. The van der Waals surface area contributed by atoms with E-state index in [9.17, 15) is 13.6 Å². The van der Waals surface area contributed by atoms with Gasteiger partial charge in [0.1, 0.15) is 10.3 Å². The first kappa shape index (κ1) is 15.3. The van der Waals surface area contributed by atoms with Crippen LogP contribution in [0.15, 0.2) is 25.9 Å². The molecule has 0 unspecified atom stereocenters. The van der Waals surface area contributed by atoms with Crippen LogP contribution in [0.25, 0.3) is 11.4 Å². The molecule has 0 fully saturated rings. The predicted octanol–water partition coefficient (Wildman–Crippen LogP) is 4.36. The Labute approximate surface area is 130 Å². The summed E-state index contributed by atoms with van der Waals surface area (Å²) >= 11 is 6.16. The first-order valence-corrected chi connectivity index (χ1v) is 7.35. The lowest BCUT2D eigenvalue weighted by Crippen LogP contribution is -2.14. The van der Waals surface area contributed by atoms with Gasteiger partial charge >= 0.3 is 0 Å². The fraction of sp³-hybridized carbons (Fsp3) is 0.231. The van der Waals surface area contributed by atoms with Gasteiger partial charge in [-0.05, 0) is 49.9 Å². The highest BCUT2D eigenvalue weighted by Gasteiger charge is 2.17. The van der Waals surface area contributed by atoms with Crippen molar-refractivity contribution < 1.29 is 8.78 Å². The molecule has 1 heterocycles. The molecule has 1 aromatic carbocycles. The quantitative estimate of drug-likeness (QED) is 0.751. The van der Waals surface area contributed by atoms with E-state index >= 15 is 0 Å². The van der Waals surface area contributed by atoms with Crippen LogP contribution in [0.4, 0.5) is 8.78 Å². The summed E-state index contributed by atoms with van der Waals surface area (Å²) < 4.78 is 27.0. The van der Waals surface area contributed by atoms with Crippen LogP contribution < -0.4 is 5.56 Å². The van der Waals surface area contributed by atoms with Crippen molar-refractivity contribution >= 4 is 31.9 Å². The Morgan fingerprint density at radius 3 is 2.45 bits per heavy atom. The lowest BCUT2D eigenvalue weighted by atomic mass is 10.1. The van der Waals surface area contributed by atoms with Crippen LogP contribution in [-0.4, -0.2) is 9.97 Å². The Kier molecular flexibility index (Phi) is 4.39. The Bertz CT molecular complexity index is 729. The number of halogens is 4. The fourth-order valence-electron chi connectivity index (χ4n) is 1.70. The van der Waals surface area contributed by atoms with Gasteiger partial charge < -0.3 is 4.98 Å². The molecule has 20 heavy (non-hydrogen) atoms. The van der Waals surface area contributed by atoms with E-state index in [0.717, 1.165) is 6.07 Å². The summed E-state index contributed by atoms with van der Waals surface area (Å²) in [5, 5.41) is 0. The second-order valence-corrected chi connectivity index (χ2v) is 6.08. The number of hydrogen-bond acceptors (Lipinski definition) is 2. The molecule has 106 valence electrons. The number of nitrogens with one attached hydrogen (secondary N) is 1. The zero-order valence-corrected chi connectivity index (χ0v) is 13.8. The second kappa shape index (κ2) is 5.73. The van der Waals surface area contributed by atoms with Crippen molar-refractivity contribution in [3.8, 4) is 11.4 Å². The number of rotatable bonds is 2. The molecular weight excluding hydrogens is 398 g/mol. The molecular formula is C13H10Br2F2N2O. The average Bonchev–Trinajstić information content (AvgIpc) is 2.39. The highest BCUT2D eigenvalue weighted by atomic mass is 79.9. The van der Waals surface area contributed by atoms with Crippen molar-refractivity contribution in [1.82, 2.24) is 9.97 Å². The molecule has 0 aliphatic carbocycles. The van der Waals surface area contributed by atoms with Crippen molar-refractivity contribution in [3.05, 3.63) is 48.8 Å². The van der Waals surface area contributed by atoms with Gasteiger partial charge in [-0.3, -0.25) is 4.79 Å². The predicted molar refractivity (Wildman–Crippen MR) is 79.7 cm³/mol. The molecule has 0 aliphatic heterocycles. The fourth-order valence-corrected chi connectivity index (χ4v) is 2.85. The largest absolute Gasteiger partial charge is 0.305 e. The maximum Gasteiger partial charge on any atom is 0.265 e. The second-order valence-electron chi connectivity index (χ2n) is 4.49. The molecule has 0 amide bonds. The number of H-pyrrole nitrogens is 1. The maximum absolute atomic E-state index is 13.6. The minimum atomic E-state index is -1.01. The molecule has 0 atom stereocenters. The third kappa shape index (κ3) is 2.69. The summed E-state index contributed by atoms with van der Waals surface area (Å²) in [6.07, 6.45) is 0. The minimum absolute atomic E-state index is 0.00879. The van der Waals surface area contributed by atoms with Crippen molar-refractivity contribution in [2.75, 3.05) is 0 Å². The topological polar surface area (TPSA) is 45.8 Å². The van der Waals surface area contributed by atoms with Gasteiger partial charge in [-0.2, -0.15) is 0 Å². The van der Waals surface area contributed by atoms with Crippen LogP contribution in [0.5, 0.6) is 0 Å². The van der Waals surface area contributed by atoms with Gasteiger partial charge in [-0.25, -0.2) is 13.8 Å². The summed E-state index contributed by atoms with van der Waals surface area (Å²) in [5.74, 6) is -1.79. The molecule has 2 rings (SSSR count). The Morgan fingerprint density at radius 2 is 1.85 bits per heavy atom. The smallest absolute Gasteiger partial charge is 0.265 e. The Balaban J connectivity index is 2.71. The van der Waals surface area contributed by atoms with Crippen LogP contribution in [-0.2, 0) is 0 Å². The molecule has 0 saturated carbocycles. The number of nitrogens with zero attached hydrogens (tertiary/aromatic N) is 1. The first-order valence-electron chi connectivity index (χ1n) is 5.76. The lowest BCUT2D eigenvalue weighted by Gasteiger charge is -2.11. The van der Waals surface area contributed by atoms with Gasteiger partial charge in [0.25, 0.3) is 5.56 Å². The number of benzene rings is 1. The summed E-state index contributed by atoms with van der Waals surface area (Å²) in [4.78, 5) is 18.7. The zero-order chi connectivity index (χ0) is 15.0. The van der Waals surface area contributed by atoms with E-state index in [4.69, 9.17) is 0 Å². The molecule has 0 spiro atoms. The lowest BCUT2D eigenvalue weighted by molar-refractivity contribution is 0.504. The summed E-state index contributed by atoms with van der Waals surface area (Å²) in [6, 6.07) is 2.35. The maximum atomic E-state index is 13.6. The SMILES string of the molecule is CC(C)c1nc(-c2ccc(F)c(F)c2Br)[nH]c(=O)c1Br. The van der Waals surface area contributed by atoms with E-state index in [1.807, 2.05) is 13.8 Å². The van der Waals surface area contributed by atoms with Gasteiger partial charge in [0, 0.05) is 5.56 Å². The zero-order valence-electron chi connectivity index (χ0n) is 10.6. The van der Waals surface area contributed by atoms with Crippen LogP contribution in [0.2, 0.25) is 0 Å². The van der Waals surface area contributed by atoms with Crippen molar-refractivity contribution in [1.29, 1.82) is 0 Å². The molecule has 0 aliphatic rings. The molecule has 7 heteroatoms. The molecule has 0 bridgehead atoms. The van der Waals surface area contributed by atoms with Gasteiger partial charge in [0.15, 0.2) is 11.6 Å². The van der Waals surface area contributed by atoms with E-state index in [2.05, 4.69) is 41.8 Å². The van der Waals surface area contributed by atoms with E-state index in [1.165, 1.54) is 6.07 Å². The van der Waals surface area contributed by atoms with Crippen LogP contribution >= 0.6 is 31.9 Å². The highest BCUT2D eigenvalue weighted by molar-refractivity contribution is 9.10. The van der Waals surface area contributed by atoms with Crippen molar-refractivity contribution in [2.24, 2.45) is 0 Å². The van der Waals surface area contributed by atoms with Crippen molar-refractivity contribution in [2.45, 2.75) is 19.8 Å². The van der Waals surface area contributed by atoms with Gasteiger partial charge in [0.2, 0.25) is 0 Å². The molecule has 3 nitrogen and oxygen atoms in total. The third-order valence-corrected chi connectivity index (χ3v) is 4.27.